The first-order valence-electron chi connectivity index (χ1n) is 7.28. The summed E-state index contributed by atoms with van der Waals surface area (Å²) >= 11 is 0. The Labute approximate surface area is 120 Å². The van der Waals surface area contributed by atoms with E-state index in [-0.39, 0.29) is 0 Å². The number of aromatic nitrogens is 1. The number of nitrogens with zero attached hydrogens (tertiary/aromatic N) is 2. The molecule has 0 spiro atoms. The topological polar surface area (TPSA) is 28.2 Å². The van der Waals surface area contributed by atoms with Gasteiger partial charge in [0.15, 0.2) is 0 Å². The minimum atomic E-state index is 0.508. The first kappa shape index (κ1) is 13.1. The molecule has 1 N–H and O–H groups in total. The number of nitrogens with one attached hydrogen (secondary N) is 1. The third-order valence-corrected chi connectivity index (χ3v) is 4.02. The molecule has 1 aliphatic rings. The van der Waals surface area contributed by atoms with E-state index in [1.807, 2.05) is 13.2 Å². The molecule has 1 saturated heterocycles. The van der Waals surface area contributed by atoms with Crippen LogP contribution in [0.5, 0.6) is 0 Å². The molecule has 0 amide bonds. The van der Waals surface area contributed by atoms with Gasteiger partial charge in [-0.25, -0.2) is 4.98 Å². The predicted molar refractivity (Wildman–Crippen MR) is 82.6 cm³/mol. The van der Waals surface area contributed by atoms with Crippen LogP contribution in [-0.4, -0.2) is 23.5 Å². The van der Waals surface area contributed by atoms with Crippen molar-refractivity contribution in [1.82, 2.24) is 9.88 Å². The zero-order chi connectivity index (χ0) is 13.8. The Bertz CT molecular complexity index is 536. The van der Waals surface area contributed by atoms with E-state index in [2.05, 4.69) is 57.7 Å². The van der Waals surface area contributed by atoms with Crippen LogP contribution in [0.4, 0.5) is 5.82 Å². The van der Waals surface area contributed by atoms with Crippen molar-refractivity contribution in [2.24, 2.45) is 0 Å². The quantitative estimate of drug-likeness (QED) is 0.919. The van der Waals surface area contributed by atoms with Gasteiger partial charge in [-0.2, -0.15) is 0 Å². The lowest BCUT2D eigenvalue weighted by Crippen LogP contribution is -2.22. The normalized spacial score (nSPS) is 19.1. The van der Waals surface area contributed by atoms with Crippen LogP contribution in [0.1, 0.15) is 30.0 Å². The molecule has 1 fully saturated rings. The molecular formula is C17H21N3. The Balaban J connectivity index is 1.74. The molecule has 1 aliphatic heterocycles. The van der Waals surface area contributed by atoms with E-state index in [1.165, 1.54) is 30.5 Å². The minimum Gasteiger partial charge on any atom is -0.373 e. The van der Waals surface area contributed by atoms with E-state index in [4.69, 9.17) is 0 Å². The zero-order valence-electron chi connectivity index (χ0n) is 11.9. The first-order chi connectivity index (χ1) is 9.86. The fourth-order valence-electron chi connectivity index (χ4n) is 2.96. The summed E-state index contributed by atoms with van der Waals surface area (Å²) in [5, 5.41) is 3.07. The standard InChI is InChI=1S/C17H21N3/c1-18-17-10-9-15(12-19-17)16-8-5-11-20(16)13-14-6-3-2-4-7-14/h2-4,6-7,9-10,12,16H,5,8,11,13H2,1H3,(H,18,19). The van der Waals surface area contributed by atoms with Crippen molar-refractivity contribution in [2.45, 2.75) is 25.4 Å². The highest BCUT2D eigenvalue weighted by molar-refractivity contribution is 5.35. The van der Waals surface area contributed by atoms with Gasteiger partial charge < -0.3 is 5.32 Å². The van der Waals surface area contributed by atoms with Crippen molar-refractivity contribution in [3.8, 4) is 0 Å². The number of pyridine rings is 1. The fourth-order valence-corrected chi connectivity index (χ4v) is 2.96. The molecule has 1 atom stereocenters. The number of likely N-dealkylation sites (tertiary alicyclic amines) is 1. The number of hydrogen-bond donors (Lipinski definition) is 1. The second-order valence-corrected chi connectivity index (χ2v) is 5.34. The summed E-state index contributed by atoms with van der Waals surface area (Å²) < 4.78 is 0. The van der Waals surface area contributed by atoms with Crippen molar-refractivity contribution in [3.05, 3.63) is 59.8 Å². The van der Waals surface area contributed by atoms with E-state index in [9.17, 15) is 0 Å². The van der Waals surface area contributed by atoms with Gasteiger partial charge in [0.1, 0.15) is 5.82 Å². The average molecular weight is 267 g/mol. The fraction of sp³-hybridized carbons (Fsp3) is 0.353. The average Bonchev–Trinajstić information content (AvgIpc) is 2.96. The molecule has 2 heterocycles. The Morgan fingerprint density at radius 3 is 2.75 bits per heavy atom. The third kappa shape index (κ3) is 2.83. The van der Waals surface area contributed by atoms with Crippen LogP contribution >= 0.6 is 0 Å². The van der Waals surface area contributed by atoms with Gasteiger partial charge in [-0.15, -0.1) is 0 Å². The van der Waals surface area contributed by atoms with Crippen LogP contribution in [0.3, 0.4) is 0 Å². The van der Waals surface area contributed by atoms with E-state index >= 15 is 0 Å². The summed E-state index contributed by atoms with van der Waals surface area (Å²) in [6.45, 7) is 2.20. The summed E-state index contributed by atoms with van der Waals surface area (Å²) in [5.74, 6) is 0.932. The maximum atomic E-state index is 4.45. The highest BCUT2D eigenvalue weighted by Gasteiger charge is 2.26. The van der Waals surface area contributed by atoms with Gasteiger partial charge in [0.25, 0.3) is 0 Å². The van der Waals surface area contributed by atoms with Crippen molar-refractivity contribution in [1.29, 1.82) is 0 Å². The van der Waals surface area contributed by atoms with Crippen LogP contribution in [0, 0.1) is 0 Å². The molecule has 0 bridgehead atoms. The van der Waals surface area contributed by atoms with Crippen molar-refractivity contribution in [2.75, 3.05) is 18.9 Å². The molecule has 104 valence electrons. The maximum absolute atomic E-state index is 4.45. The lowest BCUT2D eigenvalue weighted by atomic mass is 10.1. The summed E-state index contributed by atoms with van der Waals surface area (Å²) in [4.78, 5) is 7.01. The molecule has 1 aromatic heterocycles. The molecule has 0 aliphatic carbocycles. The number of benzene rings is 1. The largest absolute Gasteiger partial charge is 0.373 e. The van der Waals surface area contributed by atoms with E-state index in [1.54, 1.807) is 0 Å². The van der Waals surface area contributed by atoms with Gasteiger partial charge in [-0.3, -0.25) is 4.90 Å². The van der Waals surface area contributed by atoms with Gasteiger partial charge in [0, 0.05) is 25.8 Å². The van der Waals surface area contributed by atoms with Crippen molar-refractivity contribution < 1.29 is 0 Å². The lowest BCUT2D eigenvalue weighted by Gasteiger charge is -2.24. The lowest BCUT2D eigenvalue weighted by molar-refractivity contribution is 0.248. The monoisotopic (exact) mass is 267 g/mol. The SMILES string of the molecule is CNc1ccc(C2CCCN2Cc2ccccc2)cn1. The minimum absolute atomic E-state index is 0.508. The molecule has 0 saturated carbocycles. The van der Waals surface area contributed by atoms with Crippen molar-refractivity contribution >= 4 is 5.82 Å². The van der Waals surface area contributed by atoms with E-state index in [0.29, 0.717) is 6.04 Å². The molecule has 1 unspecified atom stereocenters. The highest BCUT2D eigenvalue weighted by Crippen LogP contribution is 2.32. The number of anilines is 1. The van der Waals surface area contributed by atoms with Gasteiger partial charge in [-0.05, 0) is 36.6 Å². The van der Waals surface area contributed by atoms with Crippen molar-refractivity contribution in [3.63, 3.8) is 0 Å². The third-order valence-electron chi connectivity index (χ3n) is 4.02. The van der Waals surface area contributed by atoms with Crippen LogP contribution in [0.25, 0.3) is 0 Å². The van der Waals surface area contributed by atoms with Crippen LogP contribution in [-0.2, 0) is 6.54 Å². The zero-order valence-corrected chi connectivity index (χ0v) is 11.9. The summed E-state index contributed by atoms with van der Waals surface area (Å²) in [6.07, 6.45) is 4.51. The van der Waals surface area contributed by atoms with Crippen LogP contribution in [0.15, 0.2) is 48.7 Å². The summed E-state index contributed by atoms with van der Waals surface area (Å²) in [7, 11) is 1.90. The highest BCUT2D eigenvalue weighted by atomic mass is 15.2. The van der Waals surface area contributed by atoms with Crippen LogP contribution in [0.2, 0.25) is 0 Å². The molecule has 3 rings (SSSR count). The molecular weight excluding hydrogens is 246 g/mol. The molecule has 20 heavy (non-hydrogen) atoms. The first-order valence-corrected chi connectivity index (χ1v) is 7.28. The van der Waals surface area contributed by atoms with E-state index < -0.39 is 0 Å². The second-order valence-electron chi connectivity index (χ2n) is 5.34. The van der Waals surface area contributed by atoms with E-state index in [0.717, 1.165) is 12.4 Å². The Hall–Kier alpha value is -1.87. The Morgan fingerprint density at radius 2 is 2.05 bits per heavy atom. The second kappa shape index (κ2) is 6.06. The summed E-state index contributed by atoms with van der Waals surface area (Å²) in [6, 6.07) is 15.5. The molecule has 1 aromatic carbocycles. The van der Waals surface area contributed by atoms with Gasteiger partial charge in [0.2, 0.25) is 0 Å². The molecule has 2 aromatic rings. The smallest absolute Gasteiger partial charge is 0.125 e. The number of hydrogen-bond acceptors (Lipinski definition) is 3. The molecule has 0 radical (unpaired) electrons. The maximum Gasteiger partial charge on any atom is 0.125 e. The molecule has 3 heteroatoms. The molecule has 3 nitrogen and oxygen atoms in total. The Morgan fingerprint density at radius 1 is 1.20 bits per heavy atom. The van der Waals surface area contributed by atoms with Gasteiger partial charge in [0.05, 0.1) is 0 Å². The predicted octanol–water partition coefficient (Wildman–Crippen LogP) is 3.46. The Kier molecular flexibility index (Phi) is 3.97. The summed E-state index contributed by atoms with van der Waals surface area (Å²) in [5.41, 5.74) is 2.72. The van der Waals surface area contributed by atoms with Crippen LogP contribution < -0.4 is 5.32 Å². The van der Waals surface area contributed by atoms with Gasteiger partial charge >= 0.3 is 0 Å². The number of rotatable bonds is 4. The van der Waals surface area contributed by atoms with Gasteiger partial charge in [-0.1, -0.05) is 36.4 Å².